The summed E-state index contributed by atoms with van der Waals surface area (Å²) in [6.45, 7) is 0.197. The van der Waals surface area contributed by atoms with E-state index in [1.807, 2.05) is 10.6 Å². The molecule has 4 rings (SSSR count). The van der Waals surface area contributed by atoms with Gasteiger partial charge in [0.15, 0.2) is 0 Å². The van der Waals surface area contributed by atoms with Gasteiger partial charge < -0.3 is 9.67 Å². The summed E-state index contributed by atoms with van der Waals surface area (Å²) in [4.78, 5) is 11.8. The maximum atomic E-state index is 14.2. The van der Waals surface area contributed by atoms with Crippen molar-refractivity contribution in [2.24, 2.45) is 0 Å². The fourth-order valence-corrected chi connectivity index (χ4v) is 4.03. The normalized spacial score (nSPS) is 14.2. The number of aromatic nitrogens is 1. The smallest absolute Gasteiger partial charge is 0.337 e. The number of rotatable bonds is 3. The Hall–Kier alpha value is -2.69. The van der Waals surface area contributed by atoms with E-state index < -0.39 is 17.6 Å². The van der Waals surface area contributed by atoms with Gasteiger partial charge in [0.25, 0.3) is 0 Å². The van der Waals surface area contributed by atoms with Crippen LogP contribution in [-0.2, 0) is 19.4 Å². The summed E-state index contributed by atoms with van der Waals surface area (Å²) in [5.41, 5.74) is 3.46. The molecule has 0 unspecified atom stereocenters. The molecule has 3 aromatic rings. The van der Waals surface area contributed by atoms with Crippen molar-refractivity contribution in [1.82, 2.24) is 4.57 Å². The fraction of sp³-hybridized carbons (Fsp3) is 0.286. The van der Waals surface area contributed by atoms with Crippen LogP contribution in [-0.4, -0.2) is 15.6 Å². The average molecular weight is 355 g/mol. The van der Waals surface area contributed by atoms with Gasteiger partial charge in [0.05, 0.1) is 17.6 Å². The summed E-state index contributed by atoms with van der Waals surface area (Å²) in [6.07, 6.45) is 4.95. The molecule has 1 N–H and O–H groups in total. The lowest BCUT2D eigenvalue weighted by Crippen LogP contribution is -2.09. The van der Waals surface area contributed by atoms with Crippen LogP contribution in [0.2, 0.25) is 0 Å². The number of carboxylic acids is 1. The highest BCUT2D eigenvalue weighted by Gasteiger charge is 2.23. The summed E-state index contributed by atoms with van der Waals surface area (Å²) in [5, 5.41) is 10.6. The van der Waals surface area contributed by atoms with Gasteiger partial charge in [0, 0.05) is 22.7 Å². The highest BCUT2D eigenvalue weighted by molar-refractivity contribution is 6.04. The lowest BCUT2D eigenvalue weighted by molar-refractivity contribution is 0.0698. The Balaban J connectivity index is 1.97. The summed E-state index contributed by atoms with van der Waals surface area (Å²) in [7, 11) is 0. The zero-order valence-corrected chi connectivity index (χ0v) is 14.3. The molecule has 0 saturated carbocycles. The minimum atomic E-state index is -0.996. The van der Waals surface area contributed by atoms with Crippen LogP contribution in [0.5, 0.6) is 0 Å². The number of benzene rings is 2. The molecule has 0 fully saturated rings. The van der Waals surface area contributed by atoms with Gasteiger partial charge in [0.2, 0.25) is 0 Å². The van der Waals surface area contributed by atoms with Gasteiger partial charge in [-0.15, -0.1) is 0 Å². The maximum absolute atomic E-state index is 14.2. The Labute approximate surface area is 149 Å². The van der Waals surface area contributed by atoms with Gasteiger partial charge in [-0.05, 0) is 43.4 Å². The number of para-hydroxylation sites is 1. The second-order valence-electron chi connectivity index (χ2n) is 6.81. The van der Waals surface area contributed by atoms with Crippen molar-refractivity contribution in [2.75, 3.05) is 0 Å². The first-order valence-corrected chi connectivity index (χ1v) is 8.86. The molecule has 3 nitrogen and oxygen atoms in total. The molecule has 5 heteroatoms. The van der Waals surface area contributed by atoms with Crippen molar-refractivity contribution in [1.29, 1.82) is 0 Å². The first kappa shape index (κ1) is 16.8. The highest BCUT2D eigenvalue weighted by Crippen LogP contribution is 2.34. The molecule has 1 aromatic heterocycles. The SMILES string of the molecule is O=C(O)c1cccc2c3c(n(Cc4ccc(F)cc4F)c12)CCCCC3. The van der Waals surface area contributed by atoms with E-state index >= 15 is 0 Å². The molecular formula is C21H19F2NO2. The average Bonchev–Trinajstić information content (AvgIpc) is 2.76. The largest absolute Gasteiger partial charge is 0.478 e. The lowest BCUT2D eigenvalue weighted by atomic mass is 10.0. The molecular weight excluding hydrogens is 336 g/mol. The van der Waals surface area contributed by atoms with Crippen LogP contribution in [0.25, 0.3) is 10.9 Å². The molecule has 0 saturated heterocycles. The molecule has 2 aromatic carbocycles. The molecule has 134 valence electrons. The number of aromatic carboxylic acids is 1. The monoisotopic (exact) mass is 355 g/mol. The molecule has 0 aliphatic heterocycles. The summed E-state index contributed by atoms with van der Waals surface area (Å²) in [6, 6.07) is 8.84. The minimum absolute atomic E-state index is 0.197. The van der Waals surface area contributed by atoms with E-state index in [1.165, 1.54) is 17.7 Å². The van der Waals surface area contributed by atoms with E-state index in [2.05, 4.69) is 0 Å². The standard InChI is InChI=1S/C21H19F2NO2/c22-14-10-9-13(18(23)11-14)12-24-19-8-3-1-2-5-15(19)16-6-4-7-17(20(16)24)21(25)26/h4,6-7,9-11H,1-3,5,8,12H2,(H,25,26). The zero-order valence-electron chi connectivity index (χ0n) is 14.3. The number of aryl methyl sites for hydroxylation is 1. The van der Waals surface area contributed by atoms with Gasteiger partial charge in [-0.1, -0.05) is 24.6 Å². The molecule has 1 aliphatic carbocycles. The number of fused-ring (bicyclic) bond motifs is 3. The Kier molecular flexibility index (Phi) is 4.23. The molecule has 1 aliphatic rings. The van der Waals surface area contributed by atoms with Crippen LogP contribution in [0.4, 0.5) is 8.78 Å². The molecule has 0 spiro atoms. The van der Waals surface area contributed by atoms with E-state index in [-0.39, 0.29) is 12.1 Å². The lowest BCUT2D eigenvalue weighted by Gasteiger charge is -2.13. The van der Waals surface area contributed by atoms with Crippen LogP contribution in [0, 0.1) is 11.6 Å². The number of hydrogen-bond acceptors (Lipinski definition) is 1. The zero-order chi connectivity index (χ0) is 18.3. The van der Waals surface area contributed by atoms with E-state index in [4.69, 9.17) is 0 Å². The predicted molar refractivity (Wildman–Crippen MR) is 95.6 cm³/mol. The van der Waals surface area contributed by atoms with E-state index in [1.54, 1.807) is 12.1 Å². The third-order valence-corrected chi connectivity index (χ3v) is 5.22. The molecule has 1 heterocycles. The van der Waals surface area contributed by atoms with E-state index in [0.29, 0.717) is 11.1 Å². The molecule has 26 heavy (non-hydrogen) atoms. The Morgan fingerprint density at radius 2 is 1.88 bits per heavy atom. The second kappa shape index (κ2) is 6.56. The van der Waals surface area contributed by atoms with E-state index in [0.717, 1.165) is 49.3 Å². The topological polar surface area (TPSA) is 42.2 Å². The number of carbonyl (C=O) groups is 1. The van der Waals surface area contributed by atoms with Gasteiger partial charge in [-0.25, -0.2) is 13.6 Å². The van der Waals surface area contributed by atoms with Crippen molar-refractivity contribution in [3.63, 3.8) is 0 Å². The first-order chi connectivity index (χ1) is 12.6. The van der Waals surface area contributed by atoms with Crippen LogP contribution < -0.4 is 0 Å². The maximum Gasteiger partial charge on any atom is 0.337 e. The third kappa shape index (κ3) is 2.77. The minimum Gasteiger partial charge on any atom is -0.478 e. The molecule has 0 bridgehead atoms. The predicted octanol–water partition coefficient (Wildman–Crippen LogP) is 4.93. The van der Waals surface area contributed by atoms with Crippen LogP contribution in [0.3, 0.4) is 0 Å². The number of nitrogens with zero attached hydrogens (tertiary/aromatic N) is 1. The third-order valence-electron chi connectivity index (χ3n) is 5.22. The number of carboxylic acid groups (broad SMARTS) is 1. The highest BCUT2D eigenvalue weighted by atomic mass is 19.1. The van der Waals surface area contributed by atoms with E-state index in [9.17, 15) is 18.7 Å². The first-order valence-electron chi connectivity index (χ1n) is 8.86. The van der Waals surface area contributed by atoms with Crippen molar-refractivity contribution in [3.05, 3.63) is 70.4 Å². The molecule has 0 radical (unpaired) electrons. The Morgan fingerprint density at radius 3 is 2.65 bits per heavy atom. The Morgan fingerprint density at radius 1 is 1.08 bits per heavy atom. The quantitative estimate of drug-likeness (QED) is 0.677. The number of halogens is 2. The number of hydrogen-bond donors (Lipinski definition) is 1. The molecule has 0 amide bonds. The van der Waals surface area contributed by atoms with Gasteiger partial charge >= 0.3 is 5.97 Å². The second-order valence-corrected chi connectivity index (χ2v) is 6.81. The van der Waals surface area contributed by atoms with Gasteiger partial charge in [0.1, 0.15) is 11.6 Å². The molecule has 0 atom stereocenters. The fourth-order valence-electron chi connectivity index (χ4n) is 4.03. The Bertz CT molecular complexity index is 1010. The summed E-state index contributed by atoms with van der Waals surface area (Å²) in [5.74, 6) is -2.22. The van der Waals surface area contributed by atoms with Crippen molar-refractivity contribution >= 4 is 16.9 Å². The van der Waals surface area contributed by atoms with Crippen LogP contribution >= 0.6 is 0 Å². The van der Waals surface area contributed by atoms with Gasteiger partial charge in [-0.3, -0.25) is 0 Å². The van der Waals surface area contributed by atoms with Crippen molar-refractivity contribution in [2.45, 2.75) is 38.6 Å². The van der Waals surface area contributed by atoms with Crippen molar-refractivity contribution in [3.8, 4) is 0 Å². The van der Waals surface area contributed by atoms with Crippen molar-refractivity contribution < 1.29 is 18.7 Å². The van der Waals surface area contributed by atoms with Crippen LogP contribution in [0.15, 0.2) is 36.4 Å². The summed E-state index contributed by atoms with van der Waals surface area (Å²) >= 11 is 0. The van der Waals surface area contributed by atoms with Crippen LogP contribution in [0.1, 0.15) is 46.4 Å². The summed E-state index contributed by atoms with van der Waals surface area (Å²) < 4.78 is 29.4. The van der Waals surface area contributed by atoms with Gasteiger partial charge in [-0.2, -0.15) is 0 Å².